The van der Waals surface area contributed by atoms with Crippen LogP contribution in [0.15, 0.2) is 54.9 Å². The van der Waals surface area contributed by atoms with Crippen LogP contribution in [0.4, 0.5) is 10.2 Å². The van der Waals surface area contributed by atoms with Crippen molar-refractivity contribution in [2.24, 2.45) is 0 Å². The molecule has 4 atom stereocenters. The summed E-state index contributed by atoms with van der Waals surface area (Å²) in [7, 11) is -3.85. The number of nitrogens with one attached hydrogen (secondary N) is 1. The van der Waals surface area contributed by atoms with E-state index in [0.29, 0.717) is 11.3 Å². The number of aromatic nitrogens is 4. The molecule has 0 radical (unpaired) electrons. The second-order valence-corrected chi connectivity index (χ2v) is 11.1. The molecule has 0 amide bonds. The second kappa shape index (κ2) is 11.2. The number of rotatable bonds is 10. The molecule has 1 aliphatic heterocycles. The van der Waals surface area contributed by atoms with Crippen LogP contribution in [0.1, 0.15) is 38.8 Å². The van der Waals surface area contributed by atoms with E-state index < -0.39 is 44.2 Å². The summed E-state index contributed by atoms with van der Waals surface area (Å²) < 4.78 is 52.6. The number of hydrogen-bond donors (Lipinski definition) is 2. The first kappa shape index (κ1) is 26.2. The first-order valence-corrected chi connectivity index (χ1v) is 14.0. The predicted molar refractivity (Wildman–Crippen MR) is 134 cm³/mol. The molecule has 38 heavy (non-hydrogen) atoms. The van der Waals surface area contributed by atoms with Crippen LogP contribution in [-0.2, 0) is 23.6 Å². The molecule has 1 fully saturated rings. The molecule has 202 valence electrons. The molecule has 12 nitrogen and oxygen atoms in total. The molecule has 3 heterocycles. The van der Waals surface area contributed by atoms with Crippen LogP contribution in [0.5, 0.6) is 5.75 Å². The van der Waals surface area contributed by atoms with Crippen LogP contribution >= 0.6 is 7.52 Å². The maximum atomic E-state index is 14.9. The number of carbonyl (C=O) groups is 1. The average Bonchev–Trinajstić information content (AvgIpc) is 3.64. The van der Waals surface area contributed by atoms with E-state index in [4.69, 9.17) is 24.5 Å². The number of fused-ring (bicyclic) bond motifs is 1. The maximum absolute atomic E-state index is 14.9. The van der Waals surface area contributed by atoms with E-state index in [-0.39, 0.29) is 17.6 Å². The zero-order chi connectivity index (χ0) is 26.7. The zero-order valence-corrected chi connectivity index (χ0v) is 21.5. The molecule has 2 aromatic heterocycles. The fourth-order valence-corrected chi connectivity index (χ4v) is 5.99. The van der Waals surface area contributed by atoms with Gasteiger partial charge in [-0.25, -0.2) is 24.4 Å². The molecule has 0 bridgehead atoms. The Morgan fingerprint density at radius 2 is 2.03 bits per heavy atom. The monoisotopic (exact) mass is 546 g/mol. The van der Waals surface area contributed by atoms with Gasteiger partial charge in [-0.05, 0) is 44.7 Å². The highest BCUT2D eigenvalue weighted by molar-refractivity contribution is 7.57. The number of imidazole rings is 1. The minimum absolute atomic E-state index is 0.144. The molecule has 2 unspecified atom stereocenters. The fourth-order valence-electron chi connectivity index (χ4n) is 4.30. The number of para-hydroxylation sites is 1. The van der Waals surface area contributed by atoms with Crippen molar-refractivity contribution in [3.8, 4) is 5.75 Å². The molecule has 0 spiro atoms. The largest absolute Gasteiger partial charge is 0.461 e. The second-order valence-electron chi connectivity index (χ2n) is 9.06. The van der Waals surface area contributed by atoms with Crippen LogP contribution in [0.25, 0.3) is 11.2 Å². The Kier molecular flexibility index (Phi) is 7.70. The van der Waals surface area contributed by atoms with Crippen molar-refractivity contribution in [2.75, 3.05) is 12.1 Å². The molecular formula is C24H28FN6O6P. The van der Waals surface area contributed by atoms with Gasteiger partial charge in [0.1, 0.15) is 29.7 Å². The Morgan fingerprint density at radius 3 is 2.79 bits per heavy atom. The van der Waals surface area contributed by atoms with E-state index in [2.05, 4.69) is 20.0 Å². The van der Waals surface area contributed by atoms with E-state index >= 15 is 0 Å². The van der Waals surface area contributed by atoms with E-state index in [1.54, 1.807) is 30.3 Å². The Labute approximate surface area is 217 Å². The third-order valence-corrected chi connectivity index (χ3v) is 7.94. The number of halogens is 1. The van der Waals surface area contributed by atoms with Gasteiger partial charge >= 0.3 is 13.5 Å². The van der Waals surface area contributed by atoms with Gasteiger partial charge in [-0.2, -0.15) is 0 Å². The highest BCUT2D eigenvalue weighted by atomic mass is 31.2. The molecule has 3 N–H and O–H groups in total. The van der Waals surface area contributed by atoms with Gasteiger partial charge in [0.2, 0.25) is 0 Å². The summed E-state index contributed by atoms with van der Waals surface area (Å²) in [6.07, 6.45) is 4.21. The Hall–Kier alpha value is -3.38. The molecular weight excluding hydrogens is 518 g/mol. The maximum Gasteiger partial charge on any atom is 0.342 e. The van der Waals surface area contributed by atoms with Crippen molar-refractivity contribution in [3.05, 3.63) is 54.9 Å². The number of hydrogen-bond acceptors (Lipinski definition) is 10. The van der Waals surface area contributed by atoms with Gasteiger partial charge in [0.25, 0.3) is 0 Å². The van der Waals surface area contributed by atoms with Gasteiger partial charge < -0.3 is 24.5 Å². The number of anilines is 1. The first-order chi connectivity index (χ1) is 18.3. The van der Waals surface area contributed by atoms with E-state index in [1.165, 1.54) is 24.1 Å². The van der Waals surface area contributed by atoms with Gasteiger partial charge in [0.05, 0.1) is 6.33 Å². The lowest BCUT2D eigenvalue weighted by atomic mass is 10.3. The summed E-state index contributed by atoms with van der Waals surface area (Å²) in [6.45, 7) is 1.54. The summed E-state index contributed by atoms with van der Waals surface area (Å²) >= 11 is 0. The number of nitrogens with two attached hydrogens (primary N) is 1. The van der Waals surface area contributed by atoms with Crippen molar-refractivity contribution < 1.29 is 32.5 Å². The van der Waals surface area contributed by atoms with E-state index in [0.717, 1.165) is 31.8 Å². The van der Waals surface area contributed by atoms with E-state index in [1.807, 2.05) is 0 Å². The lowest BCUT2D eigenvalue weighted by molar-refractivity contribution is -0.150. The van der Waals surface area contributed by atoms with Crippen molar-refractivity contribution in [2.45, 2.75) is 57.3 Å². The SMILES string of the molecule is CC(NP(=O)(CO[C@@H]1C=C(F)[C@H](n2cnc3c(N)ncnc32)O1)Oc1ccccc1)C(=O)OC1CCCC1. The predicted octanol–water partition coefficient (Wildman–Crippen LogP) is 3.83. The Bertz CT molecular complexity index is 1360. The van der Waals surface area contributed by atoms with Crippen LogP contribution < -0.4 is 15.3 Å². The minimum Gasteiger partial charge on any atom is -0.461 e. The molecule has 0 saturated heterocycles. The van der Waals surface area contributed by atoms with Crippen LogP contribution in [0.2, 0.25) is 0 Å². The molecule has 1 saturated carbocycles. The van der Waals surface area contributed by atoms with Crippen molar-refractivity contribution in [1.29, 1.82) is 0 Å². The molecule has 3 aromatic rings. The topological polar surface area (TPSA) is 153 Å². The Balaban J connectivity index is 1.27. The molecule has 1 aromatic carbocycles. The molecule has 5 rings (SSSR count). The Morgan fingerprint density at radius 1 is 1.26 bits per heavy atom. The smallest absolute Gasteiger partial charge is 0.342 e. The van der Waals surface area contributed by atoms with Crippen LogP contribution in [0, 0.1) is 0 Å². The van der Waals surface area contributed by atoms with Gasteiger partial charge in [0.15, 0.2) is 36.2 Å². The summed E-state index contributed by atoms with van der Waals surface area (Å²) in [5.41, 5.74) is 6.39. The normalized spacial score (nSPS) is 22.2. The highest BCUT2D eigenvalue weighted by Crippen LogP contribution is 2.45. The van der Waals surface area contributed by atoms with Gasteiger partial charge in [-0.1, -0.05) is 18.2 Å². The minimum atomic E-state index is -3.85. The lowest BCUT2D eigenvalue weighted by Gasteiger charge is -2.25. The fraction of sp³-hybridized carbons (Fsp3) is 0.417. The lowest BCUT2D eigenvalue weighted by Crippen LogP contribution is -2.37. The van der Waals surface area contributed by atoms with Gasteiger partial charge in [-0.3, -0.25) is 13.9 Å². The van der Waals surface area contributed by atoms with Crippen LogP contribution in [0.3, 0.4) is 0 Å². The zero-order valence-electron chi connectivity index (χ0n) is 20.6. The van der Waals surface area contributed by atoms with Crippen molar-refractivity contribution in [1.82, 2.24) is 24.6 Å². The van der Waals surface area contributed by atoms with Crippen molar-refractivity contribution in [3.63, 3.8) is 0 Å². The molecule has 1 aliphatic carbocycles. The highest BCUT2D eigenvalue weighted by Gasteiger charge is 2.36. The third-order valence-electron chi connectivity index (χ3n) is 6.17. The number of nitrogen functional groups attached to an aromatic ring is 1. The quantitative estimate of drug-likeness (QED) is 0.282. The van der Waals surface area contributed by atoms with Crippen molar-refractivity contribution >= 4 is 30.5 Å². The first-order valence-electron chi connectivity index (χ1n) is 12.2. The summed E-state index contributed by atoms with van der Waals surface area (Å²) in [5.74, 6) is -0.746. The number of nitrogens with zero attached hydrogens (tertiary/aromatic N) is 4. The number of benzene rings is 1. The number of ether oxygens (including phenoxy) is 3. The van der Waals surface area contributed by atoms with E-state index in [9.17, 15) is 13.8 Å². The number of carbonyl (C=O) groups excluding carboxylic acids is 1. The van der Waals surface area contributed by atoms with Gasteiger partial charge in [-0.15, -0.1) is 0 Å². The van der Waals surface area contributed by atoms with Crippen LogP contribution in [-0.4, -0.2) is 50.3 Å². The molecule has 14 heteroatoms. The summed E-state index contributed by atoms with van der Waals surface area (Å²) in [6, 6.07) is 7.51. The summed E-state index contributed by atoms with van der Waals surface area (Å²) in [4.78, 5) is 24.7. The number of esters is 1. The average molecular weight is 546 g/mol. The third kappa shape index (κ3) is 5.86. The summed E-state index contributed by atoms with van der Waals surface area (Å²) in [5, 5.41) is 2.74. The van der Waals surface area contributed by atoms with Gasteiger partial charge in [0, 0.05) is 6.08 Å². The standard InChI is InChI=1S/C24H28FN6O6P/c1-15(24(32)35-16-7-5-6-8-16)30-38(33,37-17-9-3-2-4-10-17)14-34-19-11-18(25)23(36-19)31-13-29-20-21(26)27-12-28-22(20)31/h2-4,9-13,15-16,19,23H,5-8,14H2,1H3,(H,30,33)(H2,26,27,28)/t15?,19-,23+,38?/m0/s1. The molecule has 2 aliphatic rings.